The Morgan fingerprint density at radius 3 is 0.373 bits per heavy atom. The van der Waals surface area contributed by atoms with Gasteiger partial charge in [-0.25, -0.2) is 0 Å². The maximum absolute atomic E-state index is 15.6. The molecule has 4 aromatic rings. The van der Waals surface area contributed by atoms with Crippen molar-refractivity contribution in [3.63, 3.8) is 0 Å². The van der Waals surface area contributed by atoms with E-state index in [1.165, 1.54) is 0 Å². The Bertz CT molecular complexity index is 3980. The highest BCUT2D eigenvalue weighted by molar-refractivity contribution is 7.82. The second kappa shape index (κ2) is 32.1. The van der Waals surface area contributed by atoms with Crippen molar-refractivity contribution >= 4 is 35.5 Å². The van der Waals surface area contributed by atoms with E-state index in [9.17, 15) is 263 Å². The molecule has 0 unspecified atom stereocenters. The minimum Gasteiger partial charge on any atom is -0.487 e. The Morgan fingerprint density at radius 1 is 0.159 bits per heavy atom. The Labute approximate surface area is 652 Å². The van der Waals surface area contributed by atoms with Crippen LogP contribution in [0.5, 0.6) is 23.0 Å². The molecule has 0 N–H and O–H groups in total. The third-order valence-electron chi connectivity index (χ3n) is 17.0. The van der Waals surface area contributed by atoms with E-state index in [1.54, 1.807) is 0 Å². The zero-order valence-corrected chi connectivity index (χ0v) is 59.3. The second-order valence-corrected chi connectivity index (χ2v) is 31.3. The fraction of sp³-hybridized carbons (Fsp3) is 0.586. The normalized spacial score (nSPS) is 15.9. The van der Waals surface area contributed by atoms with Crippen LogP contribution >= 0.6 is 14.3 Å². The summed E-state index contributed by atoms with van der Waals surface area (Å²) < 4.78 is 881. The van der Waals surface area contributed by atoms with E-state index in [0.717, 1.165) is 0 Å². The van der Waals surface area contributed by atoms with Crippen molar-refractivity contribution in [3.8, 4) is 23.0 Å². The van der Waals surface area contributed by atoms with Gasteiger partial charge in [0.1, 0.15) is 37.3 Å². The summed E-state index contributed by atoms with van der Waals surface area (Å²) in [5.41, 5.74) is 0. The van der Waals surface area contributed by atoms with E-state index in [1.807, 2.05) is 0 Å². The molecular weight excluding hydrogens is 1990 g/mol. The van der Waals surface area contributed by atoms with E-state index >= 15 is 9.13 Å². The average molecular weight is 2020 g/mol. The van der Waals surface area contributed by atoms with Crippen LogP contribution in [-0.4, -0.2) is 206 Å². The summed E-state index contributed by atoms with van der Waals surface area (Å²) in [7, 11) is -11.7. The minimum absolute atomic E-state index is 0.0888. The van der Waals surface area contributed by atoms with Crippen molar-refractivity contribution in [1.29, 1.82) is 0 Å². The molecule has 126 heavy (non-hydrogen) atoms. The molecule has 68 heteroatoms. The van der Waals surface area contributed by atoms with Gasteiger partial charge in [-0.15, -0.1) is 0 Å². The van der Waals surface area contributed by atoms with Crippen LogP contribution in [0, 0.1) is 0 Å². The van der Waals surface area contributed by atoms with Crippen molar-refractivity contribution < 1.29 is 292 Å². The first-order valence-electron chi connectivity index (χ1n) is 30.4. The number of benzene rings is 4. The lowest BCUT2D eigenvalue weighted by atomic mass is 9.91. The van der Waals surface area contributed by atoms with Crippen LogP contribution in [0.4, 0.5) is 263 Å². The number of hydrogen-bond donors (Lipinski definition) is 0. The molecule has 0 aliphatic rings. The predicted octanol–water partition coefficient (Wildman–Crippen LogP) is 24.0. The zero-order chi connectivity index (χ0) is 100. The molecule has 726 valence electrons. The monoisotopic (exact) mass is 2020 g/mol. The maximum Gasteiger partial charge on any atom is 0.460 e. The third kappa shape index (κ3) is 16.8. The molecule has 0 bridgehead atoms. The Morgan fingerprint density at radius 2 is 0.262 bits per heavy atom. The highest BCUT2D eigenvalue weighted by Gasteiger charge is 2.98. The third-order valence-corrected chi connectivity index (χ3v) is 23.6. The van der Waals surface area contributed by atoms with Gasteiger partial charge < -0.3 is 28.1 Å². The number of halogens is 60. The fourth-order valence-corrected chi connectivity index (χ4v) is 15.7. The molecule has 0 atom stereocenters. The molecule has 0 aliphatic heterocycles. The SMILES string of the molecule is O=P(CCP(=O)(c1ccc(OCC(F)(F)C(F)(F)C(F)(F)C(F)(F)C(F)(F)C(F)(F)C(F)(F)F)cc1)c1ccc(OCC(F)(F)C(F)(F)C(F)(F)C(F)(F)C(F)(F)C(F)(F)C(F)(F)F)cc1)(c1ccc(OCC(F)(F)C(F)(F)C(F)(F)C(F)(F)C(F)(F)C(F)(F)C(F)(F)F)cc1)c1ccc(OCC(F)(F)C(F)(F)C(F)(F)C(F)(F)C(F)(F)C(F)(F)C(F)(F)F)cc1. The molecular formula is C58H28F60O6P2. The molecule has 4 aromatic carbocycles. The van der Waals surface area contributed by atoms with E-state index in [-0.39, 0.29) is 97.1 Å². The van der Waals surface area contributed by atoms with Crippen LogP contribution in [0.3, 0.4) is 0 Å². The molecule has 0 radical (unpaired) electrons. The van der Waals surface area contributed by atoms with Crippen LogP contribution in [0.2, 0.25) is 0 Å². The van der Waals surface area contributed by atoms with E-state index in [0.29, 0.717) is 0 Å². The first-order valence-corrected chi connectivity index (χ1v) is 34.2. The zero-order valence-electron chi connectivity index (χ0n) is 57.5. The summed E-state index contributed by atoms with van der Waals surface area (Å²) in [6.45, 7) is -15.1. The molecule has 0 fully saturated rings. The first kappa shape index (κ1) is 111. The number of ether oxygens (including phenoxy) is 4. The summed E-state index contributed by atoms with van der Waals surface area (Å²) >= 11 is 0. The summed E-state index contributed by atoms with van der Waals surface area (Å²) in [6.07, 6.45) is -36.4. The quantitative estimate of drug-likeness (QED) is 0.0327. The maximum atomic E-state index is 15.6. The Balaban J connectivity index is 2.03. The van der Waals surface area contributed by atoms with Crippen LogP contribution in [0.1, 0.15) is 0 Å². The minimum atomic E-state index is -8.96. The lowest BCUT2D eigenvalue weighted by Gasteiger charge is -2.41. The van der Waals surface area contributed by atoms with Gasteiger partial charge >= 0.3 is 167 Å². The molecule has 0 spiro atoms. The molecule has 4 rings (SSSR count). The highest BCUT2D eigenvalue weighted by atomic mass is 31.2. The van der Waals surface area contributed by atoms with Gasteiger partial charge in [-0.2, -0.15) is 263 Å². The summed E-state index contributed by atoms with van der Waals surface area (Å²) in [6, 6.07) is -2.50. The lowest BCUT2D eigenvalue weighted by Crippen LogP contribution is -2.73. The summed E-state index contributed by atoms with van der Waals surface area (Å²) in [5.74, 6) is -211. The van der Waals surface area contributed by atoms with Gasteiger partial charge in [0.2, 0.25) is 0 Å². The van der Waals surface area contributed by atoms with Crippen molar-refractivity contribution in [3.05, 3.63) is 97.1 Å². The van der Waals surface area contributed by atoms with Gasteiger partial charge in [-0.1, -0.05) is 0 Å². The Hall–Kier alpha value is -7.66. The molecule has 0 saturated heterocycles. The molecule has 0 aromatic heterocycles. The highest BCUT2D eigenvalue weighted by Crippen LogP contribution is 2.69. The van der Waals surface area contributed by atoms with Crippen molar-refractivity contribution in [2.75, 3.05) is 38.8 Å². The largest absolute Gasteiger partial charge is 0.487 e. The van der Waals surface area contributed by atoms with Crippen molar-refractivity contribution in [1.82, 2.24) is 0 Å². The van der Waals surface area contributed by atoms with Gasteiger partial charge in [-0.3, -0.25) is 0 Å². The van der Waals surface area contributed by atoms with Gasteiger partial charge in [0, 0.05) is 33.5 Å². The standard InChI is InChI=1S/C58H28F60O6P2/c59-31(60,35(67,68)39(75,76)43(83,84)47(91,92)51(99,100)55(107,108)109)19-121-23-1-9-27(10-2-23)125(119,28-11-3-24(4-12-28)122-20-32(61,62)36(69,70)40(77,78)44(85,86)48(93,94)52(101,102)56(110,111)112)17-18-126(120,29-13-5-25(6-14-29)123-21-33(63,64)37(71,72)41(79,80)45(87,88)49(95,96)53(103,104)57(113,114)115)30-15-7-26(8-16-30)124-22-34(65,66)38(73,74)42(81,82)46(89,90)50(97,98)54(105,106)58(116,117)118/h1-16H,17-22H2. The average Bonchev–Trinajstić information content (AvgIpc) is 0.713. The Kier molecular flexibility index (Phi) is 28.2. The second-order valence-electron chi connectivity index (χ2n) is 25.4. The van der Waals surface area contributed by atoms with Gasteiger partial charge in [0.05, 0.1) is 0 Å². The number of alkyl halides is 60. The molecule has 0 saturated carbocycles. The first-order chi connectivity index (χ1) is 54.9. The van der Waals surface area contributed by atoms with E-state index in [2.05, 4.69) is 18.9 Å². The van der Waals surface area contributed by atoms with E-state index in [4.69, 9.17) is 0 Å². The fourth-order valence-electron chi connectivity index (χ4n) is 9.28. The van der Waals surface area contributed by atoms with Gasteiger partial charge in [0.15, 0.2) is 26.4 Å². The van der Waals surface area contributed by atoms with Crippen molar-refractivity contribution in [2.45, 2.75) is 167 Å². The molecule has 0 amide bonds. The summed E-state index contributed by atoms with van der Waals surface area (Å²) in [5, 5.41) is -5.62. The van der Waals surface area contributed by atoms with Crippen molar-refractivity contribution in [2.24, 2.45) is 0 Å². The summed E-state index contributed by atoms with van der Waals surface area (Å²) in [4.78, 5) is 0. The van der Waals surface area contributed by atoms with Gasteiger partial charge in [-0.05, 0) is 97.1 Å². The van der Waals surface area contributed by atoms with Gasteiger partial charge in [0.25, 0.3) is 0 Å². The molecule has 6 nitrogen and oxygen atoms in total. The number of rotatable bonds is 39. The predicted molar refractivity (Wildman–Crippen MR) is 294 cm³/mol. The van der Waals surface area contributed by atoms with E-state index < -0.39 is 264 Å². The topological polar surface area (TPSA) is 71.1 Å². The molecule has 0 aliphatic carbocycles. The number of hydrogen-bond acceptors (Lipinski definition) is 6. The van der Waals surface area contributed by atoms with Crippen LogP contribution in [0.25, 0.3) is 0 Å². The van der Waals surface area contributed by atoms with Crippen LogP contribution < -0.4 is 40.2 Å². The lowest BCUT2D eigenvalue weighted by molar-refractivity contribution is -0.453. The van der Waals surface area contributed by atoms with Crippen LogP contribution in [-0.2, 0) is 9.13 Å². The van der Waals surface area contributed by atoms with Crippen LogP contribution in [0.15, 0.2) is 97.1 Å². The molecule has 0 heterocycles. The smallest absolute Gasteiger partial charge is 0.460 e.